The number of aliphatic hydroxyl groups excluding tert-OH is 1. The molecule has 6 heteroatoms. The predicted molar refractivity (Wildman–Crippen MR) is 75.6 cm³/mol. The monoisotopic (exact) mass is 286 g/mol. The number of nitrogens with one attached hydrogen (secondary N) is 1. The van der Waals surface area contributed by atoms with Gasteiger partial charge in [0, 0.05) is 13.1 Å². The van der Waals surface area contributed by atoms with Crippen LogP contribution in [-0.4, -0.2) is 45.6 Å². The van der Waals surface area contributed by atoms with Crippen molar-refractivity contribution in [1.29, 1.82) is 0 Å². The Labute approximate surface area is 115 Å². The van der Waals surface area contributed by atoms with E-state index in [1.54, 1.807) is 13.0 Å². The van der Waals surface area contributed by atoms with Gasteiger partial charge in [0.05, 0.1) is 11.5 Å². The smallest absolute Gasteiger partial charge is 0.240 e. The molecule has 0 fully saturated rings. The number of sulfonamides is 1. The largest absolute Gasteiger partial charge is 0.392 e. The molecule has 5 nitrogen and oxygen atoms in total. The van der Waals surface area contributed by atoms with Crippen molar-refractivity contribution in [3.8, 4) is 0 Å². The lowest BCUT2D eigenvalue weighted by atomic mass is 10.1. The lowest BCUT2D eigenvalue weighted by Crippen LogP contribution is -2.31. The summed E-state index contributed by atoms with van der Waals surface area (Å²) in [6.45, 7) is 4.44. The number of aryl methyl sites for hydroxylation is 1. The zero-order valence-corrected chi connectivity index (χ0v) is 12.7. The molecule has 0 spiro atoms. The number of likely N-dealkylation sites (N-methyl/N-ethyl adjacent to an activating group) is 1. The summed E-state index contributed by atoms with van der Waals surface area (Å²) < 4.78 is 27.1. The Morgan fingerprint density at radius 1 is 1.26 bits per heavy atom. The molecule has 0 atom stereocenters. The highest BCUT2D eigenvalue weighted by molar-refractivity contribution is 7.89. The first-order chi connectivity index (χ1) is 8.77. The van der Waals surface area contributed by atoms with E-state index in [9.17, 15) is 13.5 Å². The summed E-state index contributed by atoms with van der Waals surface area (Å²) in [5, 5.41) is 9.17. The van der Waals surface area contributed by atoms with Crippen molar-refractivity contribution in [1.82, 2.24) is 9.62 Å². The standard InChI is InChI=1S/C13H22N2O3S/c1-10-7-12(9-16)8-13(11(10)2)19(17,18)14-5-6-15(3)4/h7-8,14,16H,5-6,9H2,1-4H3. The Morgan fingerprint density at radius 3 is 2.42 bits per heavy atom. The Balaban J connectivity index is 3.03. The van der Waals surface area contributed by atoms with Crippen LogP contribution < -0.4 is 4.72 Å². The minimum atomic E-state index is -3.53. The molecule has 1 rings (SSSR count). The molecule has 0 bridgehead atoms. The van der Waals surface area contributed by atoms with Gasteiger partial charge in [-0.1, -0.05) is 6.07 Å². The summed E-state index contributed by atoms with van der Waals surface area (Å²) in [6.07, 6.45) is 0. The molecule has 0 aromatic heterocycles. The second-order valence-electron chi connectivity index (χ2n) is 4.90. The SMILES string of the molecule is Cc1cc(CO)cc(S(=O)(=O)NCCN(C)C)c1C. The van der Waals surface area contributed by atoms with Crippen molar-refractivity contribution >= 4 is 10.0 Å². The van der Waals surface area contributed by atoms with Crippen molar-refractivity contribution in [2.75, 3.05) is 27.2 Å². The van der Waals surface area contributed by atoms with Crippen molar-refractivity contribution < 1.29 is 13.5 Å². The van der Waals surface area contributed by atoms with Crippen LogP contribution in [0.3, 0.4) is 0 Å². The molecule has 2 N–H and O–H groups in total. The van der Waals surface area contributed by atoms with E-state index in [0.29, 0.717) is 18.7 Å². The number of hydrogen-bond donors (Lipinski definition) is 2. The van der Waals surface area contributed by atoms with Crippen molar-refractivity contribution in [3.63, 3.8) is 0 Å². The van der Waals surface area contributed by atoms with Gasteiger partial charge in [0.25, 0.3) is 0 Å². The summed E-state index contributed by atoms with van der Waals surface area (Å²) in [6, 6.07) is 3.33. The van der Waals surface area contributed by atoms with Gasteiger partial charge >= 0.3 is 0 Å². The van der Waals surface area contributed by atoms with E-state index >= 15 is 0 Å². The highest BCUT2D eigenvalue weighted by Gasteiger charge is 2.18. The molecule has 0 radical (unpaired) electrons. The summed E-state index contributed by atoms with van der Waals surface area (Å²) in [7, 11) is 0.241. The van der Waals surface area contributed by atoms with Crippen LogP contribution in [0.25, 0.3) is 0 Å². The number of nitrogens with zero attached hydrogens (tertiary/aromatic N) is 1. The second kappa shape index (κ2) is 6.47. The van der Waals surface area contributed by atoms with E-state index < -0.39 is 10.0 Å². The fourth-order valence-corrected chi connectivity index (χ4v) is 3.14. The van der Waals surface area contributed by atoms with Gasteiger partial charge in [-0.3, -0.25) is 0 Å². The molecule has 0 aliphatic carbocycles. The van der Waals surface area contributed by atoms with Crippen molar-refractivity contribution in [2.24, 2.45) is 0 Å². The minimum absolute atomic E-state index is 0.165. The fraction of sp³-hybridized carbons (Fsp3) is 0.538. The van der Waals surface area contributed by atoms with Crippen LogP contribution in [0.1, 0.15) is 16.7 Å². The maximum absolute atomic E-state index is 12.2. The first-order valence-corrected chi connectivity index (χ1v) is 7.61. The van der Waals surface area contributed by atoms with Crippen molar-refractivity contribution in [3.05, 3.63) is 28.8 Å². The maximum Gasteiger partial charge on any atom is 0.240 e. The molecule has 19 heavy (non-hydrogen) atoms. The van der Waals surface area contributed by atoms with Crippen LogP contribution in [0, 0.1) is 13.8 Å². The molecule has 0 unspecified atom stereocenters. The number of rotatable bonds is 6. The zero-order valence-electron chi connectivity index (χ0n) is 11.9. The highest BCUT2D eigenvalue weighted by Crippen LogP contribution is 2.21. The molecule has 108 valence electrons. The van der Waals surface area contributed by atoms with Crippen molar-refractivity contribution in [2.45, 2.75) is 25.3 Å². The molecular weight excluding hydrogens is 264 g/mol. The molecule has 0 aliphatic rings. The van der Waals surface area contributed by atoms with Gasteiger partial charge in [-0.05, 0) is 50.7 Å². The van der Waals surface area contributed by atoms with Crippen LogP contribution in [0.5, 0.6) is 0 Å². The van der Waals surface area contributed by atoms with Crippen LogP contribution >= 0.6 is 0 Å². The quantitative estimate of drug-likeness (QED) is 0.805. The Bertz CT molecular complexity index is 539. The summed E-state index contributed by atoms with van der Waals surface area (Å²) >= 11 is 0. The molecule has 0 saturated heterocycles. The molecule has 1 aromatic rings. The minimum Gasteiger partial charge on any atom is -0.392 e. The number of benzene rings is 1. The van der Waals surface area contributed by atoms with Gasteiger partial charge in [-0.2, -0.15) is 0 Å². The van der Waals surface area contributed by atoms with E-state index in [1.807, 2.05) is 25.9 Å². The first kappa shape index (κ1) is 16.1. The van der Waals surface area contributed by atoms with Gasteiger partial charge in [-0.25, -0.2) is 13.1 Å². The number of aliphatic hydroxyl groups is 1. The molecule has 1 aromatic carbocycles. The van der Waals surface area contributed by atoms with Crippen LogP contribution in [0.4, 0.5) is 0 Å². The summed E-state index contributed by atoms with van der Waals surface area (Å²) in [5.74, 6) is 0. The Kier molecular flexibility index (Phi) is 5.49. The summed E-state index contributed by atoms with van der Waals surface area (Å²) in [4.78, 5) is 2.15. The average Bonchev–Trinajstić information content (AvgIpc) is 2.31. The van der Waals surface area contributed by atoms with E-state index in [-0.39, 0.29) is 11.5 Å². The lowest BCUT2D eigenvalue weighted by molar-refractivity contribution is 0.281. The Hall–Kier alpha value is -0.950. The third kappa shape index (κ3) is 4.28. The first-order valence-electron chi connectivity index (χ1n) is 6.13. The second-order valence-corrected chi connectivity index (χ2v) is 6.63. The molecule has 0 saturated carbocycles. The van der Waals surface area contributed by atoms with Gasteiger partial charge in [-0.15, -0.1) is 0 Å². The van der Waals surface area contributed by atoms with Crippen LogP contribution in [-0.2, 0) is 16.6 Å². The molecule has 0 heterocycles. The zero-order chi connectivity index (χ0) is 14.6. The van der Waals surface area contributed by atoms with Crippen LogP contribution in [0.15, 0.2) is 17.0 Å². The highest BCUT2D eigenvalue weighted by atomic mass is 32.2. The number of hydrogen-bond acceptors (Lipinski definition) is 4. The van der Waals surface area contributed by atoms with E-state index in [1.165, 1.54) is 6.07 Å². The topological polar surface area (TPSA) is 69.6 Å². The van der Waals surface area contributed by atoms with Gasteiger partial charge in [0.1, 0.15) is 0 Å². The van der Waals surface area contributed by atoms with E-state index in [4.69, 9.17) is 0 Å². The average molecular weight is 286 g/mol. The van der Waals surface area contributed by atoms with E-state index in [2.05, 4.69) is 4.72 Å². The molecular formula is C13H22N2O3S. The summed E-state index contributed by atoms with van der Waals surface area (Å²) in [5.41, 5.74) is 2.19. The van der Waals surface area contributed by atoms with Gasteiger partial charge in [0.15, 0.2) is 0 Å². The predicted octanol–water partition coefficient (Wildman–Crippen LogP) is 0.636. The third-order valence-corrected chi connectivity index (χ3v) is 4.59. The van der Waals surface area contributed by atoms with E-state index in [0.717, 1.165) is 11.1 Å². The maximum atomic E-state index is 12.2. The third-order valence-electron chi connectivity index (χ3n) is 3.00. The fourth-order valence-electron chi connectivity index (χ4n) is 1.75. The van der Waals surface area contributed by atoms with Crippen LogP contribution in [0.2, 0.25) is 0 Å². The normalized spacial score (nSPS) is 12.1. The van der Waals surface area contributed by atoms with Gasteiger partial charge < -0.3 is 10.0 Å². The van der Waals surface area contributed by atoms with Gasteiger partial charge in [0.2, 0.25) is 10.0 Å². The Morgan fingerprint density at radius 2 is 1.89 bits per heavy atom. The lowest BCUT2D eigenvalue weighted by Gasteiger charge is -2.14. The molecule has 0 aliphatic heterocycles. The molecule has 0 amide bonds.